The van der Waals surface area contributed by atoms with Crippen LogP contribution in [-0.2, 0) is 12.8 Å². The highest BCUT2D eigenvalue weighted by molar-refractivity contribution is 7.15. The predicted molar refractivity (Wildman–Crippen MR) is 86.1 cm³/mol. The van der Waals surface area contributed by atoms with E-state index in [1.807, 2.05) is 0 Å². The minimum Gasteiger partial charge on any atom is -0.493 e. The molecule has 1 aliphatic rings. The van der Waals surface area contributed by atoms with Gasteiger partial charge in [-0.1, -0.05) is 31.3 Å². The molecule has 112 valence electrons. The summed E-state index contributed by atoms with van der Waals surface area (Å²) in [5.74, 6) is 1.64. The lowest BCUT2D eigenvalue weighted by atomic mass is 10.0. The van der Waals surface area contributed by atoms with E-state index < -0.39 is 0 Å². The van der Waals surface area contributed by atoms with Crippen LogP contribution in [0.5, 0.6) is 5.75 Å². The lowest BCUT2D eigenvalue weighted by Gasteiger charge is -2.13. The molecule has 0 saturated heterocycles. The third-order valence-electron chi connectivity index (χ3n) is 3.60. The zero-order valence-corrected chi connectivity index (χ0v) is 13.5. The summed E-state index contributed by atoms with van der Waals surface area (Å²) in [6.45, 7) is 7.35. The normalized spacial score (nSPS) is 14.9. The minimum absolute atomic E-state index is 0.218. The van der Waals surface area contributed by atoms with E-state index >= 15 is 0 Å². The molecule has 21 heavy (non-hydrogen) atoms. The zero-order valence-electron chi connectivity index (χ0n) is 12.7. The van der Waals surface area contributed by atoms with Crippen LogP contribution in [0.25, 0.3) is 0 Å². The first-order valence-corrected chi connectivity index (χ1v) is 8.28. The zero-order chi connectivity index (χ0) is 14.8. The minimum atomic E-state index is 0.218. The molecule has 0 bridgehead atoms. The monoisotopic (exact) mass is 303 g/mol. The van der Waals surface area contributed by atoms with Crippen LogP contribution in [0.4, 0.5) is 5.13 Å². The number of hydrogen-bond donors (Lipinski definition) is 1. The topological polar surface area (TPSA) is 47.0 Å². The summed E-state index contributed by atoms with van der Waals surface area (Å²) in [5, 5.41) is 13.9. The number of nitrogens with one attached hydrogen (secondary N) is 1. The molecule has 0 spiro atoms. The van der Waals surface area contributed by atoms with Gasteiger partial charge in [0, 0.05) is 12.8 Å². The van der Waals surface area contributed by atoms with Crippen molar-refractivity contribution in [3.8, 4) is 5.75 Å². The maximum Gasteiger partial charge on any atom is 0.206 e. The number of anilines is 1. The van der Waals surface area contributed by atoms with Crippen molar-refractivity contribution in [2.45, 2.75) is 39.7 Å². The van der Waals surface area contributed by atoms with Crippen LogP contribution in [0.15, 0.2) is 18.2 Å². The van der Waals surface area contributed by atoms with Gasteiger partial charge < -0.3 is 10.1 Å². The number of aromatic nitrogens is 2. The van der Waals surface area contributed by atoms with Gasteiger partial charge in [0.25, 0.3) is 0 Å². The Morgan fingerprint density at radius 2 is 2.14 bits per heavy atom. The largest absolute Gasteiger partial charge is 0.493 e. The van der Waals surface area contributed by atoms with E-state index in [1.165, 1.54) is 11.1 Å². The van der Waals surface area contributed by atoms with Crippen molar-refractivity contribution in [1.82, 2.24) is 10.2 Å². The second-order valence-electron chi connectivity index (χ2n) is 5.93. The first-order valence-electron chi connectivity index (χ1n) is 7.46. The number of nitrogens with zero attached hydrogens (tertiary/aromatic N) is 2. The standard InChI is InChI=1S/C16H21N3OS/c1-10(2)8-15-18-19-16(21-15)17-11(3)12-4-5-14-13(9-12)6-7-20-14/h4-5,9-11H,6-8H2,1-3H3,(H,17,19). The summed E-state index contributed by atoms with van der Waals surface area (Å²) in [6, 6.07) is 6.64. The van der Waals surface area contributed by atoms with Crippen LogP contribution in [0.1, 0.15) is 42.9 Å². The van der Waals surface area contributed by atoms with Crippen LogP contribution in [-0.4, -0.2) is 16.8 Å². The molecule has 1 atom stereocenters. The van der Waals surface area contributed by atoms with Gasteiger partial charge in [0.2, 0.25) is 5.13 Å². The predicted octanol–water partition coefficient (Wildman–Crippen LogP) is 3.84. The first kappa shape index (κ1) is 14.3. The fourth-order valence-electron chi connectivity index (χ4n) is 2.49. The Balaban J connectivity index is 1.68. The number of hydrogen-bond acceptors (Lipinski definition) is 5. The summed E-state index contributed by atoms with van der Waals surface area (Å²) in [6.07, 6.45) is 2.00. The molecule has 3 rings (SSSR count). The van der Waals surface area contributed by atoms with Crippen molar-refractivity contribution in [3.05, 3.63) is 34.3 Å². The van der Waals surface area contributed by atoms with Gasteiger partial charge in [0.1, 0.15) is 10.8 Å². The second-order valence-corrected chi connectivity index (χ2v) is 6.99. The Labute approximate surface area is 129 Å². The molecule has 1 aromatic heterocycles. The number of rotatable bonds is 5. The van der Waals surface area contributed by atoms with Gasteiger partial charge in [-0.05, 0) is 36.1 Å². The third-order valence-corrected chi connectivity index (χ3v) is 4.48. The van der Waals surface area contributed by atoms with Crippen LogP contribution < -0.4 is 10.1 Å². The van der Waals surface area contributed by atoms with Gasteiger partial charge >= 0.3 is 0 Å². The molecule has 0 fully saturated rings. The molecule has 0 saturated carbocycles. The summed E-state index contributed by atoms with van der Waals surface area (Å²) in [7, 11) is 0. The Morgan fingerprint density at radius 1 is 1.29 bits per heavy atom. The Kier molecular flexibility index (Phi) is 4.10. The molecule has 1 N–H and O–H groups in total. The van der Waals surface area contributed by atoms with Crippen molar-refractivity contribution >= 4 is 16.5 Å². The summed E-state index contributed by atoms with van der Waals surface area (Å²) in [4.78, 5) is 0. The van der Waals surface area contributed by atoms with Gasteiger partial charge in [0.05, 0.1) is 12.6 Å². The lowest BCUT2D eigenvalue weighted by Crippen LogP contribution is -2.06. The molecule has 2 aromatic rings. The third kappa shape index (κ3) is 3.35. The lowest BCUT2D eigenvalue weighted by molar-refractivity contribution is 0.357. The van der Waals surface area contributed by atoms with Gasteiger partial charge in [-0.3, -0.25) is 0 Å². The maximum absolute atomic E-state index is 5.55. The fourth-order valence-corrected chi connectivity index (χ4v) is 3.53. The molecule has 1 aliphatic heterocycles. The average molecular weight is 303 g/mol. The molecule has 0 amide bonds. The van der Waals surface area contributed by atoms with Crippen molar-refractivity contribution in [2.24, 2.45) is 5.92 Å². The van der Waals surface area contributed by atoms with Crippen LogP contribution >= 0.6 is 11.3 Å². The molecule has 1 aromatic carbocycles. The maximum atomic E-state index is 5.55. The number of fused-ring (bicyclic) bond motifs is 1. The van der Waals surface area contributed by atoms with E-state index in [9.17, 15) is 0 Å². The second kappa shape index (κ2) is 6.02. The summed E-state index contributed by atoms with van der Waals surface area (Å²) >= 11 is 1.65. The van der Waals surface area contributed by atoms with E-state index in [0.29, 0.717) is 5.92 Å². The van der Waals surface area contributed by atoms with E-state index in [0.717, 1.165) is 35.3 Å². The van der Waals surface area contributed by atoms with Crippen molar-refractivity contribution < 1.29 is 4.74 Å². The van der Waals surface area contributed by atoms with E-state index in [-0.39, 0.29) is 6.04 Å². The average Bonchev–Trinajstić information content (AvgIpc) is 3.06. The number of benzene rings is 1. The van der Waals surface area contributed by atoms with Crippen LogP contribution in [0, 0.1) is 5.92 Å². The van der Waals surface area contributed by atoms with Crippen LogP contribution in [0.3, 0.4) is 0 Å². The first-order chi connectivity index (χ1) is 10.1. The Hall–Kier alpha value is -1.62. The molecule has 2 heterocycles. The van der Waals surface area contributed by atoms with E-state index in [4.69, 9.17) is 4.74 Å². The summed E-state index contributed by atoms with van der Waals surface area (Å²) in [5.41, 5.74) is 2.57. The highest BCUT2D eigenvalue weighted by Gasteiger charge is 2.15. The van der Waals surface area contributed by atoms with E-state index in [1.54, 1.807) is 11.3 Å². The Morgan fingerprint density at radius 3 is 2.95 bits per heavy atom. The molecular formula is C16H21N3OS. The molecule has 4 nitrogen and oxygen atoms in total. The molecule has 5 heteroatoms. The summed E-state index contributed by atoms with van der Waals surface area (Å²) < 4.78 is 5.55. The van der Waals surface area contributed by atoms with Crippen molar-refractivity contribution in [2.75, 3.05) is 11.9 Å². The SMILES string of the molecule is CC(C)Cc1nnc(NC(C)c2ccc3c(c2)CCO3)s1. The highest BCUT2D eigenvalue weighted by Crippen LogP contribution is 2.30. The van der Waals surface area contributed by atoms with Gasteiger partial charge in [-0.15, -0.1) is 10.2 Å². The van der Waals surface area contributed by atoms with Crippen LogP contribution in [0.2, 0.25) is 0 Å². The fraction of sp³-hybridized carbons (Fsp3) is 0.500. The quantitative estimate of drug-likeness (QED) is 0.911. The van der Waals surface area contributed by atoms with Gasteiger partial charge in [-0.25, -0.2) is 0 Å². The van der Waals surface area contributed by atoms with Gasteiger partial charge in [0.15, 0.2) is 0 Å². The highest BCUT2D eigenvalue weighted by atomic mass is 32.1. The molecule has 1 unspecified atom stereocenters. The smallest absolute Gasteiger partial charge is 0.206 e. The molecule has 0 aliphatic carbocycles. The molecule has 0 radical (unpaired) electrons. The Bertz CT molecular complexity index is 624. The number of ether oxygens (including phenoxy) is 1. The molecular weight excluding hydrogens is 282 g/mol. The van der Waals surface area contributed by atoms with E-state index in [2.05, 4.69) is 54.5 Å². The van der Waals surface area contributed by atoms with Gasteiger partial charge in [-0.2, -0.15) is 0 Å². The van der Waals surface area contributed by atoms with Crippen molar-refractivity contribution in [3.63, 3.8) is 0 Å². The van der Waals surface area contributed by atoms with Crippen molar-refractivity contribution in [1.29, 1.82) is 0 Å².